The van der Waals surface area contributed by atoms with E-state index >= 15 is 0 Å². The van der Waals surface area contributed by atoms with Crippen LogP contribution in [-0.2, 0) is 4.79 Å². The lowest BCUT2D eigenvalue weighted by molar-refractivity contribution is -0.137. The normalized spacial score (nSPS) is 11.9. The molecule has 31 heavy (non-hydrogen) atoms. The zero-order valence-corrected chi connectivity index (χ0v) is 19.0. The number of hydrogen-bond donors (Lipinski definition) is 2. The first-order chi connectivity index (χ1) is 14.7. The van der Waals surface area contributed by atoms with Crippen LogP contribution in [-0.4, -0.2) is 32.8 Å². The third-order valence-corrected chi connectivity index (χ3v) is 5.51. The number of aliphatic carboxylic acids is 1. The van der Waals surface area contributed by atoms with E-state index in [0.29, 0.717) is 27.7 Å². The second-order valence-corrected chi connectivity index (χ2v) is 8.35. The van der Waals surface area contributed by atoms with E-state index in [-0.39, 0.29) is 24.1 Å². The first kappa shape index (κ1) is 22.8. The summed E-state index contributed by atoms with van der Waals surface area (Å²) < 4.78 is 1.65. The van der Waals surface area contributed by atoms with Crippen molar-refractivity contribution in [2.24, 2.45) is 0 Å². The average molecular weight is 460 g/mol. The third-order valence-electron chi connectivity index (χ3n) is 4.97. The number of nitrogens with zero attached hydrogens (tertiary/aromatic N) is 2. The molecule has 1 unspecified atom stereocenters. The summed E-state index contributed by atoms with van der Waals surface area (Å²) in [7, 11) is 0. The van der Waals surface area contributed by atoms with Crippen molar-refractivity contribution in [3.8, 4) is 16.9 Å². The third kappa shape index (κ3) is 5.27. The Morgan fingerprint density at radius 1 is 1.13 bits per heavy atom. The number of carbonyl (C=O) groups is 2. The average Bonchev–Trinajstić information content (AvgIpc) is 3.04. The largest absolute Gasteiger partial charge is 0.481 e. The van der Waals surface area contributed by atoms with Gasteiger partial charge in [0, 0.05) is 28.6 Å². The van der Waals surface area contributed by atoms with E-state index in [1.165, 1.54) is 0 Å². The van der Waals surface area contributed by atoms with Crippen molar-refractivity contribution in [2.45, 2.75) is 39.7 Å². The van der Waals surface area contributed by atoms with Crippen LogP contribution in [0.15, 0.2) is 42.5 Å². The van der Waals surface area contributed by atoms with Gasteiger partial charge in [-0.05, 0) is 45.4 Å². The minimum Gasteiger partial charge on any atom is -0.481 e. The van der Waals surface area contributed by atoms with Crippen LogP contribution < -0.4 is 5.32 Å². The van der Waals surface area contributed by atoms with E-state index in [1.54, 1.807) is 29.8 Å². The minimum atomic E-state index is -0.902. The number of hydrogen-bond acceptors (Lipinski definition) is 3. The van der Waals surface area contributed by atoms with E-state index in [1.807, 2.05) is 38.1 Å². The Kier molecular flexibility index (Phi) is 7.03. The summed E-state index contributed by atoms with van der Waals surface area (Å²) in [5, 5.41) is 17.2. The van der Waals surface area contributed by atoms with Crippen LogP contribution in [0.25, 0.3) is 16.9 Å². The minimum absolute atomic E-state index is 0.0239. The van der Waals surface area contributed by atoms with Crippen molar-refractivity contribution in [1.82, 2.24) is 15.1 Å². The summed E-state index contributed by atoms with van der Waals surface area (Å²) in [6.45, 7) is 5.60. The van der Waals surface area contributed by atoms with Crippen LogP contribution in [0, 0.1) is 13.8 Å². The van der Waals surface area contributed by atoms with E-state index in [0.717, 1.165) is 16.8 Å². The predicted octanol–water partition coefficient (Wildman–Crippen LogP) is 5.45. The first-order valence-corrected chi connectivity index (χ1v) is 10.6. The molecule has 3 rings (SSSR count). The molecule has 2 aromatic carbocycles. The van der Waals surface area contributed by atoms with Gasteiger partial charge in [-0.25, -0.2) is 4.68 Å². The van der Waals surface area contributed by atoms with Gasteiger partial charge in [0.05, 0.1) is 16.4 Å². The molecule has 0 fully saturated rings. The summed E-state index contributed by atoms with van der Waals surface area (Å²) in [6, 6.07) is 12.7. The fourth-order valence-corrected chi connectivity index (χ4v) is 3.78. The van der Waals surface area contributed by atoms with Gasteiger partial charge in [-0.3, -0.25) is 9.59 Å². The Labute approximate surface area is 190 Å². The standard InChI is InChI=1S/C23H23Cl2N3O3/c1-13-4-7-16(8-5-13)22-15(3)21(23(31)26-14(2)6-11-20(29)30)27-28(22)19-10-9-17(24)12-18(19)25/h4-5,7-10,12,14H,6,11H2,1-3H3,(H,26,31)(H,29,30). The van der Waals surface area contributed by atoms with Gasteiger partial charge in [0.25, 0.3) is 5.91 Å². The zero-order valence-electron chi connectivity index (χ0n) is 17.4. The monoisotopic (exact) mass is 459 g/mol. The van der Waals surface area contributed by atoms with Crippen molar-refractivity contribution < 1.29 is 14.7 Å². The predicted molar refractivity (Wildman–Crippen MR) is 122 cm³/mol. The first-order valence-electron chi connectivity index (χ1n) is 9.82. The molecular formula is C23H23Cl2N3O3. The Morgan fingerprint density at radius 2 is 1.81 bits per heavy atom. The van der Waals surface area contributed by atoms with Crippen LogP contribution in [0.1, 0.15) is 41.4 Å². The quantitative estimate of drug-likeness (QED) is 0.492. The fourth-order valence-electron chi connectivity index (χ4n) is 3.29. The molecule has 8 heteroatoms. The van der Waals surface area contributed by atoms with E-state index in [2.05, 4.69) is 10.4 Å². The maximum absolute atomic E-state index is 13.0. The van der Waals surface area contributed by atoms with E-state index in [4.69, 9.17) is 28.3 Å². The highest BCUT2D eigenvalue weighted by Gasteiger charge is 2.24. The number of benzene rings is 2. The molecule has 0 spiro atoms. The van der Waals surface area contributed by atoms with Crippen LogP contribution in [0.5, 0.6) is 0 Å². The van der Waals surface area contributed by atoms with Crippen molar-refractivity contribution >= 4 is 35.1 Å². The number of carboxylic acid groups (broad SMARTS) is 1. The summed E-state index contributed by atoms with van der Waals surface area (Å²) in [5.41, 5.74) is 4.29. The number of aromatic nitrogens is 2. The van der Waals surface area contributed by atoms with Crippen molar-refractivity contribution in [3.63, 3.8) is 0 Å². The molecule has 0 bridgehead atoms. The second-order valence-electron chi connectivity index (χ2n) is 7.50. The fraction of sp³-hybridized carbons (Fsp3) is 0.261. The lowest BCUT2D eigenvalue weighted by atomic mass is 10.0. The molecule has 1 atom stereocenters. The zero-order chi connectivity index (χ0) is 22.7. The van der Waals surface area contributed by atoms with Gasteiger partial charge in [-0.2, -0.15) is 5.10 Å². The number of carboxylic acids is 1. The van der Waals surface area contributed by atoms with E-state index < -0.39 is 5.97 Å². The smallest absolute Gasteiger partial charge is 0.303 e. The van der Waals surface area contributed by atoms with Crippen molar-refractivity contribution in [2.75, 3.05) is 0 Å². The maximum atomic E-state index is 13.0. The highest BCUT2D eigenvalue weighted by Crippen LogP contribution is 2.32. The van der Waals surface area contributed by atoms with Gasteiger partial charge in [0.2, 0.25) is 0 Å². The number of halogens is 2. The molecule has 2 N–H and O–H groups in total. The van der Waals surface area contributed by atoms with Gasteiger partial charge in [0.1, 0.15) is 0 Å². The molecular weight excluding hydrogens is 437 g/mol. The summed E-state index contributed by atoms with van der Waals surface area (Å²) in [6.07, 6.45) is 0.304. The van der Waals surface area contributed by atoms with Gasteiger partial charge < -0.3 is 10.4 Å². The lowest BCUT2D eigenvalue weighted by Crippen LogP contribution is -2.33. The Balaban J connectivity index is 2.06. The Hall–Kier alpha value is -2.83. The number of nitrogens with one attached hydrogen (secondary N) is 1. The van der Waals surface area contributed by atoms with E-state index in [9.17, 15) is 9.59 Å². The molecule has 0 aliphatic carbocycles. The van der Waals surface area contributed by atoms with Crippen molar-refractivity contribution in [1.29, 1.82) is 0 Å². The molecule has 1 heterocycles. The molecule has 0 radical (unpaired) electrons. The van der Waals surface area contributed by atoms with Crippen LogP contribution >= 0.6 is 23.2 Å². The van der Waals surface area contributed by atoms with Crippen molar-refractivity contribution in [3.05, 3.63) is 69.3 Å². The molecule has 3 aromatic rings. The lowest BCUT2D eigenvalue weighted by Gasteiger charge is -2.11. The molecule has 0 aliphatic rings. The number of carbonyl (C=O) groups excluding carboxylic acids is 1. The topological polar surface area (TPSA) is 84.2 Å². The molecule has 0 saturated carbocycles. The highest BCUT2D eigenvalue weighted by atomic mass is 35.5. The Morgan fingerprint density at radius 3 is 2.42 bits per heavy atom. The van der Waals surface area contributed by atoms with Gasteiger partial charge >= 0.3 is 5.97 Å². The van der Waals surface area contributed by atoms with Gasteiger partial charge in [-0.1, -0.05) is 53.0 Å². The highest BCUT2D eigenvalue weighted by molar-refractivity contribution is 6.35. The molecule has 162 valence electrons. The Bertz CT molecular complexity index is 1120. The molecule has 0 saturated heterocycles. The number of rotatable bonds is 7. The van der Waals surface area contributed by atoms with Crippen LogP contribution in [0.3, 0.4) is 0 Å². The van der Waals surface area contributed by atoms with Crippen LogP contribution in [0.2, 0.25) is 10.0 Å². The molecule has 1 aromatic heterocycles. The summed E-state index contributed by atoms with van der Waals surface area (Å²) in [5.74, 6) is -1.27. The van der Waals surface area contributed by atoms with Gasteiger partial charge in [0.15, 0.2) is 5.69 Å². The molecule has 6 nitrogen and oxygen atoms in total. The molecule has 1 amide bonds. The number of amides is 1. The number of aryl methyl sites for hydroxylation is 1. The maximum Gasteiger partial charge on any atom is 0.303 e. The van der Waals surface area contributed by atoms with Gasteiger partial charge in [-0.15, -0.1) is 0 Å². The van der Waals surface area contributed by atoms with Crippen LogP contribution in [0.4, 0.5) is 0 Å². The summed E-state index contributed by atoms with van der Waals surface area (Å²) in [4.78, 5) is 23.8. The SMILES string of the molecule is Cc1ccc(-c2c(C)c(C(=O)NC(C)CCC(=O)O)nn2-c2ccc(Cl)cc2Cl)cc1. The molecule has 0 aliphatic heterocycles. The summed E-state index contributed by atoms with van der Waals surface area (Å²) >= 11 is 12.5. The second kappa shape index (κ2) is 9.54.